The topological polar surface area (TPSA) is 72.2 Å². The number of anilines is 1. The summed E-state index contributed by atoms with van der Waals surface area (Å²) in [7, 11) is 0. The van der Waals surface area contributed by atoms with E-state index in [1.807, 2.05) is 18.2 Å². The molecule has 1 amide bonds. The SMILES string of the molecule is O=C(Nc1ccc2c(c1)CCC2)c1cc(Cl)ccc1[N+](=O)[O-]. The summed E-state index contributed by atoms with van der Waals surface area (Å²) in [5.74, 6) is -0.535. The molecule has 0 unspecified atom stereocenters. The van der Waals surface area contributed by atoms with E-state index in [-0.39, 0.29) is 16.3 Å². The fraction of sp³-hybridized carbons (Fsp3) is 0.188. The number of nitro groups is 1. The van der Waals surface area contributed by atoms with Crippen LogP contribution in [0.2, 0.25) is 5.02 Å². The summed E-state index contributed by atoms with van der Waals surface area (Å²) < 4.78 is 0. The molecule has 0 aliphatic heterocycles. The van der Waals surface area contributed by atoms with Gasteiger partial charge in [0.15, 0.2) is 0 Å². The largest absolute Gasteiger partial charge is 0.322 e. The van der Waals surface area contributed by atoms with Gasteiger partial charge in [-0.15, -0.1) is 0 Å². The van der Waals surface area contributed by atoms with Gasteiger partial charge in [-0.05, 0) is 54.7 Å². The molecule has 22 heavy (non-hydrogen) atoms. The number of nitrogens with zero attached hydrogens (tertiary/aromatic N) is 1. The highest BCUT2D eigenvalue weighted by molar-refractivity contribution is 6.31. The van der Waals surface area contributed by atoms with Crippen LogP contribution in [0.15, 0.2) is 36.4 Å². The third kappa shape index (κ3) is 2.80. The van der Waals surface area contributed by atoms with Crippen LogP contribution >= 0.6 is 11.6 Å². The molecule has 0 fully saturated rings. The lowest BCUT2D eigenvalue weighted by Gasteiger charge is -2.08. The van der Waals surface area contributed by atoms with Gasteiger partial charge in [0.1, 0.15) is 5.56 Å². The Morgan fingerprint density at radius 2 is 1.91 bits per heavy atom. The highest BCUT2D eigenvalue weighted by atomic mass is 35.5. The zero-order chi connectivity index (χ0) is 15.7. The van der Waals surface area contributed by atoms with E-state index in [0.717, 1.165) is 19.3 Å². The number of benzene rings is 2. The number of halogens is 1. The molecule has 3 rings (SSSR count). The molecule has 0 atom stereocenters. The number of nitro benzene ring substituents is 1. The molecular weight excluding hydrogens is 304 g/mol. The van der Waals surface area contributed by atoms with Gasteiger partial charge in [0.25, 0.3) is 11.6 Å². The monoisotopic (exact) mass is 316 g/mol. The van der Waals surface area contributed by atoms with E-state index in [9.17, 15) is 14.9 Å². The van der Waals surface area contributed by atoms with Gasteiger partial charge in [-0.2, -0.15) is 0 Å². The minimum atomic E-state index is -0.589. The van der Waals surface area contributed by atoms with Crippen molar-refractivity contribution in [3.8, 4) is 0 Å². The Kier molecular flexibility index (Phi) is 3.81. The van der Waals surface area contributed by atoms with Crippen LogP contribution in [0.4, 0.5) is 11.4 Å². The molecule has 0 aromatic heterocycles. The molecule has 2 aromatic carbocycles. The standard InChI is InChI=1S/C16H13ClN2O3/c17-12-5-7-15(19(21)22)14(9-12)16(20)18-13-6-4-10-2-1-3-11(10)8-13/h4-9H,1-3H2,(H,18,20). The van der Waals surface area contributed by atoms with Crippen molar-refractivity contribution in [2.75, 3.05) is 5.32 Å². The number of hydrogen-bond donors (Lipinski definition) is 1. The second-order valence-corrected chi connectivity index (χ2v) is 5.65. The van der Waals surface area contributed by atoms with Gasteiger partial charge in [-0.1, -0.05) is 17.7 Å². The average Bonchev–Trinajstić information content (AvgIpc) is 2.94. The van der Waals surface area contributed by atoms with E-state index < -0.39 is 10.8 Å². The minimum absolute atomic E-state index is 0.0435. The predicted molar refractivity (Wildman–Crippen MR) is 84.5 cm³/mol. The molecular formula is C16H13ClN2O3. The summed E-state index contributed by atoms with van der Waals surface area (Å²) in [4.78, 5) is 22.8. The average molecular weight is 317 g/mol. The van der Waals surface area contributed by atoms with Gasteiger partial charge in [0.2, 0.25) is 0 Å². The fourth-order valence-corrected chi connectivity index (χ4v) is 2.87. The molecule has 0 bridgehead atoms. The second kappa shape index (κ2) is 5.77. The Labute approximate surface area is 132 Å². The van der Waals surface area contributed by atoms with Crippen molar-refractivity contribution in [2.45, 2.75) is 19.3 Å². The first-order valence-electron chi connectivity index (χ1n) is 6.92. The van der Waals surface area contributed by atoms with Crippen molar-refractivity contribution in [1.82, 2.24) is 0 Å². The maximum absolute atomic E-state index is 12.3. The molecule has 0 radical (unpaired) electrons. The number of carbonyl (C=O) groups excluding carboxylic acids is 1. The highest BCUT2D eigenvalue weighted by Gasteiger charge is 2.21. The fourth-order valence-electron chi connectivity index (χ4n) is 2.70. The lowest BCUT2D eigenvalue weighted by Crippen LogP contribution is -2.14. The smallest absolute Gasteiger partial charge is 0.282 e. The Balaban J connectivity index is 1.89. The molecule has 112 valence electrons. The van der Waals surface area contributed by atoms with Crippen LogP contribution in [0, 0.1) is 10.1 Å². The first-order chi connectivity index (χ1) is 10.5. The minimum Gasteiger partial charge on any atom is -0.322 e. The van der Waals surface area contributed by atoms with Crippen LogP contribution < -0.4 is 5.32 Å². The van der Waals surface area contributed by atoms with Gasteiger partial charge in [0.05, 0.1) is 4.92 Å². The Morgan fingerprint density at radius 1 is 1.14 bits per heavy atom. The van der Waals surface area contributed by atoms with Gasteiger partial charge < -0.3 is 5.32 Å². The first kappa shape index (κ1) is 14.5. The first-order valence-corrected chi connectivity index (χ1v) is 7.29. The van der Waals surface area contributed by atoms with E-state index in [4.69, 9.17) is 11.6 Å². The number of nitrogens with one attached hydrogen (secondary N) is 1. The maximum atomic E-state index is 12.3. The van der Waals surface area contributed by atoms with E-state index in [2.05, 4.69) is 5.32 Å². The molecule has 0 saturated heterocycles. The molecule has 6 heteroatoms. The van der Waals surface area contributed by atoms with Crippen LogP contribution in [0.1, 0.15) is 27.9 Å². The number of fused-ring (bicyclic) bond motifs is 1. The third-order valence-corrected chi connectivity index (χ3v) is 3.99. The maximum Gasteiger partial charge on any atom is 0.282 e. The number of carbonyl (C=O) groups is 1. The lowest BCUT2D eigenvalue weighted by molar-refractivity contribution is -0.385. The molecule has 0 spiro atoms. The zero-order valence-electron chi connectivity index (χ0n) is 11.6. The van der Waals surface area contributed by atoms with Crippen LogP contribution in [-0.4, -0.2) is 10.8 Å². The summed E-state index contributed by atoms with van der Waals surface area (Å²) in [6.45, 7) is 0. The van der Waals surface area contributed by atoms with Gasteiger partial charge in [-0.25, -0.2) is 0 Å². The summed E-state index contributed by atoms with van der Waals surface area (Å²) in [6, 6.07) is 9.67. The second-order valence-electron chi connectivity index (χ2n) is 5.21. The van der Waals surface area contributed by atoms with Crippen LogP contribution in [0.25, 0.3) is 0 Å². The Hall–Kier alpha value is -2.40. The van der Waals surface area contributed by atoms with Crippen molar-refractivity contribution < 1.29 is 9.72 Å². The third-order valence-electron chi connectivity index (χ3n) is 3.76. The van der Waals surface area contributed by atoms with Crippen molar-refractivity contribution >= 4 is 28.9 Å². The molecule has 5 nitrogen and oxygen atoms in total. The van der Waals surface area contributed by atoms with Crippen LogP contribution in [-0.2, 0) is 12.8 Å². The van der Waals surface area contributed by atoms with E-state index in [1.54, 1.807) is 0 Å². The summed E-state index contributed by atoms with van der Waals surface area (Å²) >= 11 is 5.84. The van der Waals surface area contributed by atoms with E-state index in [1.165, 1.54) is 29.3 Å². The van der Waals surface area contributed by atoms with Crippen LogP contribution in [0.3, 0.4) is 0 Å². The molecule has 2 aromatic rings. The van der Waals surface area contributed by atoms with Gasteiger partial charge in [-0.3, -0.25) is 14.9 Å². The normalized spacial score (nSPS) is 12.8. The summed E-state index contributed by atoms with van der Waals surface area (Å²) in [5, 5.41) is 14.0. The van der Waals surface area contributed by atoms with Crippen molar-refractivity contribution in [1.29, 1.82) is 0 Å². The van der Waals surface area contributed by atoms with E-state index in [0.29, 0.717) is 5.69 Å². The van der Waals surface area contributed by atoms with Crippen molar-refractivity contribution in [2.24, 2.45) is 0 Å². The predicted octanol–water partition coefficient (Wildman–Crippen LogP) is 3.99. The zero-order valence-corrected chi connectivity index (χ0v) is 12.4. The summed E-state index contributed by atoms with van der Waals surface area (Å²) in [5.41, 5.74) is 2.85. The molecule has 1 aliphatic carbocycles. The van der Waals surface area contributed by atoms with Gasteiger partial charge in [0, 0.05) is 16.8 Å². The number of rotatable bonds is 3. The molecule has 0 saturated carbocycles. The molecule has 1 N–H and O–H groups in total. The van der Waals surface area contributed by atoms with Crippen molar-refractivity contribution in [3.63, 3.8) is 0 Å². The van der Waals surface area contributed by atoms with Crippen molar-refractivity contribution in [3.05, 3.63) is 68.2 Å². The Bertz CT molecular complexity index is 774. The summed E-state index contributed by atoms with van der Waals surface area (Å²) in [6.07, 6.45) is 3.17. The molecule has 0 heterocycles. The highest BCUT2D eigenvalue weighted by Crippen LogP contribution is 2.27. The lowest BCUT2D eigenvalue weighted by atomic mass is 10.1. The van der Waals surface area contributed by atoms with Gasteiger partial charge >= 0.3 is 0 Å². The Morgan fingerprint density at radius 3 is 2.68 bits per heavy atom. The quantitative estimate of drug-likeness (QED) is 0.687. The number of hydrogen-bond acceptors (Lipinski definition) is 3. The van der Waals surface area contributed by atoms with E-state index >= 15 is 0 Å². The number of aryl methyl sites for hydroxylation is 2. The van der Waals surface area contributed by atoms with Crippen LogP contribution in [0.5, 0.6) is 0 Å². The molecule has 1 aliphatic rings. The number of amides is 1.